The molecule has 3 nitrogen and oxygen atoms in total. The van der Waals surface area contributed by atoms with Crippen LogP contribution in [0.25, 0.3) is 0 Å². The van der Waals surface area contributed by atoms with E-state index in [0.29, 0.717) is 15.7 Å². The number of carbonyl (C=O) groups is 1. The summed E-state index contributed by atoms with van der Waals surface area (Å²) in [5.74, 6) is -0.553. The Bertz CT molecular complexity index is 454. The number of rotatable bonds is 4. The quantitative estimate of drug-likeness (QED) is 0.644. The van der Waals surface area contributed by atoms with E-state index in [9.17, 15) is 4.79 Å². The second kappa shape index (κ2) is 6.64. The van der Waals surface area contributed by atoms with Crippen molar-refractivity contribution in [3.05, 3.63) is 26.7 Å². The lowest BCUT2D eigenvalue weighted by Crippen LogP contribution is -2.30. The number of anilines is 1. The Hall–Kier alpha value is -0.450. The van der Waals surface area contributed by atoms with E-state index in [0.717, 1.165) is 4.47 Å². The van der Waals surface area contributed by atoms with Gasteiger partial charge in [0.05, 0.1) is 28.8 Å². The molecule has 6 heteroatoms. The van der Waals surface area contributed by atoms with Gasteiger partial charge in [0.15, 0.2) is 0 Å². The first-order valence-electron chi connectivity index (χ1n) is 5.36. The van der Waals surface area contributed by atoms with E-state index in [4.69, 9.17) is 27.9 Å². The van der Waals surface area contributed by atoms with E-state index in [-0.39, 0.29) is 17.9 Å². The van der Waals surface area contributed by atoms with Crippen LogP contribution < -0.4 is 5.32 Å². The van der Waals surface area contributed by atoms with E-state index >= 15 is 0 Å². The van der Waals surface area contributed by atoms with Crippen molar-refractivity contribution in [2.75, 3.05) is 12.4 Å². The van der Waals surface area contributed by atoms with Crippen LogP contribution in [0.1, 0.15) is 13.8 Å². The van der Waals surface area contributed by atoms with Crippen molar-refractivity contribution in [2.24, 2.45) is 5.92 Å². The van der Waals surface area contributed by atoms with Crippen molar-refractivity contribution in [3.63, 3.8) is 0 Å². The van der Waals surface area contributed by atoms with Gasteiger partial charge in [0.1, 0.15) is 0 Å². The molecule has 0 amide bonds. The van der Waals surface area contributed by atoms with Crippen molar-refractivity contribution in [1.82, 2.24) is 0 Å². The Balaban J connectivity index is 2.85. The molecular formula is C12H14BrCl2NO2. The molecule has 2 atom stereocenters. The van der Waals surface area contributed by atoms with E-state index in [1.807, 2.05) is 6.92 Å². The molecule has 1 N–H and O–H groups in total. The molecule has 0 radical (unpaired) electrons. The molecule has 0 saturated heterocycles. The van der Waals surface area contributed by atoms with E-state index in [1.54, 1.807) is 19.1 Å². The second-order valence-electron chi connectivity index (χ2n) is 3.97. The minimum absolute atomic E-state index is 0.118. The van der Waals surface area contributed by atoms with E-state index < -0.39 is 0 Å². The number of nitrogens with one attached hydrogen (secondary N) is 1. The molecule has 0 fully saturated rings. The van der Waals surface area contributed by atoms with Crippen LogP contribution in [-0.2, 0) is 9.53 Å². The molecule has 0 bridgehead atoms. The topological polar surface area (TPSA) is 38.3 Å². The molecule has 0 heterocycles. The van der Waals surface area contributed by atoms with Crippen molar-refractivity contribution >= 4 is 50.8 Å². The van der Waals surface area contributed by atoms with Crippen molar-refractivity contribution < 1.29 is 9.53 Å². The molecule has 100 valence electrons. The summed E-state index contributed by atoms with van der Waals surface area (Å²) in [6, 6.07) is 3.48. The summed E-state index contributed by atoms with van der Waals surface area (Å²) in [6.07, 6.45) is 0. The molecule has 2 unspecified atom stereocenters. The Morgan fingerprint density at radius 1 is 1.33 bits per heavy atom. The monoisotopic (exact) mass is 353 g/mol. The molecule has 18 heavy (non-hydrogen) atoms. The third-order valence-corrected chi connectivity index (χ3v) is 4.51. The largest absolute Gasteiger partial charge is 0.469 e. The number of ether oxygens (including phenoxy) is 1. The Morgan fingerprint density at radius 2 is 1.94 bits per heavy atom. The van der Waals surface area contributed by atoms with Gasteiger partial charge in [-0.05, 0) is 41.9 Å². The lowest BCUT2D eigenvalue weighted by molar-refractivity contribution is -0.145. The zero-order chi connectivity index (χ0) is 13.9. The molecule has 1 rings (SSSR count). The number of benzene rings is 1. The van der Waals surface area contributed by atoms with Gasteiger partial charge in [-0.25, -0.2) is 0 Å². The fourth-order valence-electron chi connectivity index (χ4n) is 1.40. The van der Waals surface area contributed by atoms with Gasteiger partial charge in [-0.3, -0.25) is 4.79 Å². The second-order valence-corrected chi connectivity index (χ2v) is 5.58. The van der Waals surface area contributed by atoms with E-state index in [1.165, 1.54) is 7.11 Å². The summed E-state index contributed by atoms with van der Waals surface area (Å²) in [5.41, 5.74) is 0.688. The lowest BCUT2D eigenvalue weighted by atomic mass is 10.0. The maximum atomic E-state index is 11.4. The molecule has 1 aromatic rings. The zero-order valence-corrected chi connectivity index (χ0v) is 13.4. The van der Waals surface area contributed by atoms with Crippen molar-refractivity contribution in [2.45, 2.75) is 19.9 Å². The van der Waals surface area contributed by atoms with Crippen LogP contribution in [0.2, 0.25) is 10.0 Å². The fraction of sp³-hybridized carbons (Fsp3) is 0.417. The SMILES string of the molecule is COC(=O)C(C)C(C)Nc1ccc(Br)c(Cl)c1Cl. The Morgan fingerprint density at radius 3 is 2.50 bits per heavy atom. The molecule has 0 spiro atoms. The van der Waals surface area contributed by atoms with Crippen LogP contribution in [0.5, 0.6) is 0 Å². The highest BCUT2D eigenvalue weighted by atomic mass is 79.9. The number of methoxy groups -OCH3 is 1. The fourth-order valence-corrected chi connectivity index (χ4v) is 2.23. The summed E-state index contributed by atoms with van der Waals surface area (Å²) >= 11 is 15.4. The van der Waals surface area contributed by atoms with Crippen LogP contribution in [-0.4, -0.2) is 19.1 Å². The van der Waals surface area contributed by atoms with Crippen LogP contribution in [0.4, 0.5) is 5.69 Å². The smallest absolute Gasteiger partial charge is 0.310 e. The molecule has 0 aromatic heterocycles. The highest BCUT2D eigenvalue weighted by Crippen LogP contribution is 2.36. The molecule has 0 aliphatic heterocycles. The van der Waals surface area contributed by atoms with Gasteiger partial charge >= 0.3 is 5.97 Å². The summed E-state index contributed by atoms with van der Waals surface area (Å²) < 4.78 is 5.43. The molecule has 0 saturated carbocycles. The summed E-state index contributed by atoms with van der Waals surface area (Å²) in [5, 5.41) is 4.03. The molecule has 0 aliphatic carbocycles. The third kappa shape index (κ3) is 3.53. The highest BCUT2D eigenvalue weighted by Gasteiger charge is 2.21. The number of halogens is 3. The number of hydrogen-bond acceptors (Lipinski definition) is 3. The van der Waals surface area contributed by atoms with Gasteiger partial charge in [0, 0.05) is 10.5 Å². The average Bonchev–Trinajstić information content (AvgIpc) is 2.37. The first-order valence-corrected chi connectivity index (χ1v) is 6.91. The number of esters is 1. The van der Waals surface area contributed by atoms with Crippen LogP contribution >= 0.6 is 39.1 Å². The molecule has 0 aliphatic rings. The van der Waals surface area contributed by atoms with Gasteiger partial charge in [-0.15, -0.1) is 0 Å². The predicted molar refractivity (Wildman–Crippen MR) is 78.4 cm³/mol. The van der Waals surface area contributed by atoms with Gasteiger partial charge < -0.3 is 10.1 Å². The first-order chi connectivity index (χ1) is 8.38. The molecule has 1 aromatic carbocycles. The highest BCUT2D eigenvalue weighted by molar-refractivity contribution is 9.10. The van der Waals surface area contributed by atoms with Gasteiger partial charge in [0.2, 0.25) is 0 Å². The van der Waals surface area contributed by atoms with Crippen LogP contribution in [0.3, 0.4) is 0 Å². The normalized spacial score (nSPS) is 13.9. The standard InChI is InChI=1S/C12H14BrCl2NO2/c1-6(12(17)18-3)7(2)16-9-5-4-8(13)10(14)11(9)15/h4-7,16H,1-3H3. The van der Waals surface area contributed by atoms with E-state index in [2.05, 4.69) is 21.2 Å². The third-order valence-electron chi connectivity index (χ3n) is 2.74. The molecular weight excluding hydrogens is 341 g/mol. The van der Waals surface area contributed by atoms with Gasteiger partial charge in [-0.1, -0.05) is 23.2 Å². The first kappa shape index (κ1) is 15.6. The summed E-state index contributed by atoms with van der Waals surface area (Å²) in [4.78, 5) is 11.4. The average molecular weight is 355 g/mol. The Kier molecular flexibility index (Phi) is 5.76. The lowest BCUT2D eigenvalue weighted by Gasteiger charge is -2.21. The predicted octanol–water partition coefficient (Wildman–Crippen LogP) is 4.37. The van der Waals surface area contributed by atoms with Crippen LogP contribution in [0, 0.1) is 5.92 Å². The number of carbonyl (C=O) groups excluding carboxylic acids is 1. The Labute approximate surface area is 125 Å². The number of hydrogen-bond donors (Lipinski definition) is 1. The summed E-state index contributed by atoms with van der Waals surface area (Å²) in [6.45, 7) is 3.67. The summed E-state index contributed by atoms with van der Waals surface area (Å²) in [7, 11) is 1.37. The minimum Gasteiger partial charge on any atom is -0.469 e. The van der Waals surface area contributed by atoms with Gasteiger partial charge in [0.25, 0.3) is 0 Å². The minimum atomic E-state index is -0.284. The van der Waals surface area contributed by atoms with Gasteiger partial charge in [-0.2, -0.15) is 0 Å². The van der Waals surface area contributed by atoms with Crippen molar-refractivity contribution in [3.8, 4) is 0 Å². The maximum Gasteiger partial charge on any atom is 0.310 e. The van der Waals surface area contributed by atoms with Crippen LogP contribution in [0.15, 0.2) is 16.6 Å². The zero-order valence-electron chi connectivity index (χ0n) is 10.3. The van der Waals surface area contributed by atoms with Crippen molar-refractivity contribution in [1.29, 1.82) is 0 Å². The maximum absolute atomic E-state index is 11.4.